The Morgan fingerprint density at radius 3 is 2.60 bits per heavy atom. The fourth-order valence-electron chi connectivity index (χ4n) is 3.71. The van der Waals surface area contributed by atoms with Crippen LogP contribution in [-0.2, 0) is 14.8 Å². The minimum atomic E-state index is -3.52. The average molecular weight is 516 g/mol. The van der Waals surface area contributed by atoms with Gasteiger partial charge in [0.15, 0.2) is 0 Å². The van der Waals surface area contributed by atoms with Crippen LogP contribution in [0.15, 0.2) is 28.9 Å². The highest BCUT2D eigenvalue weighted by molar-refractivity contribution is 9.10. The molecule has 2 aromatic rings. The van der Waals surface area contributed by atoms with Crippen LogP contribution in [0.5, 0.6) is 0 Å². The Labute approximate surface area is 187 Å². The van der Waals surface area contributed by atoms with E-state index in [1.54, 1.807) is 23.6 Å². The third-order valence-corrected chi connectivity index (χ3v) is 8.81. The second-order valence-electron chi connectivity index (χ2n) is 7.56. The molecular formula is C19H22BrN3O5S2. The van der Waals surface area contributed by atoms with Crippen LogP contribution in [0, 0.1) is 0 Å². The van der Waals surface area contributed by atoms with Crippen molar-refractivity contribution in [2.45, 2.75) is 42.9 Å². The zero-order valence-electron chi connectivity index (χ0n) is 16.0. The van der Waals surface area contributed by atoms with E-state index >= 15 is 0 Å². The number of hydrogen-bond acceptors (Lipinski definition) is 6. The van der Waals surface area contributed by atoms with Crippen molar-refractivity contribution in [2.24, 2.45) is 0 Å². The first kappa shape index (κ1) is 21.5. The summed E-state index contributed by atoms with van der Waals surface area (Å²) in [6.45, 7) is 0.422. The lowest BCUT2D eigenvalue weighted by Crippen LogP contribution is -2.43. The van der Waals surface area contributed by atoms with Gasteiger partial charge in [0.25, 0.3) is 0 Å². The van der Waals surface area contributed by atoms with Gasteiger partial charge >= 0.3 is 6.09 Å². The minimum absolute atomic E-state index is 0.00107. The number of ether oxygens (including phenoxy) is 1. The third-order valence-electron chi connectivity index (χ3n) is 5.47. The van der Waals surface area contributed by atoms with Gasteiger partial charge in [0.2, 0.25) is 10.0 Å². The standard InChI is InChI=1S/C19H22BrN3O5S2/c20-12-3-6-15(16(7-12)23-30(26,27)14-9-28-10-14)17-8-21-18(29-17)11-1-4-13(5-2-11)22-19(24)25/h3,6-8,11,13-14,22-23H,1-2,4-5,9-10H2,(H,24,25). The number of nitrogens with one attached hydrogen (secondary N) is 2. The highest BCUT2D eigenvalue weighted by Gasteiger charge is 2.33. The lowest BCUT2D eigenvalue weighted by molar-refractivity contribution is 0.0418. The molecule has 1 aromatic carbocycles. The van der Waals surface area contributed by atoms with Crippen molar-refractivity contribution in [1.29, 1.82) is 0 Å². The van der Waals surface area contributed by atoms with Gasteiger partial charge in [0.1, 0.15) is 5.25 Å². The van der Waals surface area contributed by atoms with Crippen molar-refractivity contribution in [2.75, 3.05) is 17.9 Å². The Balaban J connectivity index is 1.51. The van der Waals surface area contributed by atoms with E-state index in [0.29, 0.717) is 11.6 Å². The summed E-state index contributed by atoms with van der Waals surface area (Å²) in [6, 6.07) is 5.52. The summed E-state index contributed by atoms with van der Waals surface area (Å²) in [6.07, 6.45) is 4.14. The summed E-state index contributed by atoms with van der Waals surface area (Å²) in [5.41, 5.74) is 1.30. The molecule has 8 nitrogen and oxygen atoms in total. The van der Waals surface area contributed by atoms with E-state index in [1.165, 1.54) is 0 Å². The van der Waals surface area contributed by atoms with E-state index in [4.69, 9.17) is 9.84 Å². The number of hydrogen-bond donors (Lipinski definition) is 3. The van der Waals surface area contributed by atoms with Crippen molar-refractivity contribution in [3.8, 4) is 10.4 Å². The summed E-state index contributed by atoms with van der Waals surface area (Å²) >= 11 is 4.97. The minimum Gasteiger partial charge on any atom is -0.465 e. The lowest BCUT2D eigenvalue weighted by Gasteiger charge is -2.27. The van der Waals surface area contributed by atoms with Gasteiger partial charge in [-0.15, -0.1) is 11.3 Å². The molecule has 1 aliphatic heterocycles. The van der Waals surface area contributed by atoms with Crippen LogP contribution in [0.4, 0.5) is 10.5 Å². The second kappa shape index (κ2) is 8.81. The van der Waals surface area contributed by atoms with Crippen molar-refractivity contribution >= 4 is 49.1 Å². The zero-order valence-corrected chi connectivity index (χ0v) is 19.2. The van der Waals surface area contributed by atoms with E-state index in [-0.39, 0.29) is 19.3 Å². The molecule has 1 amide bonds. The van der Waals surface area contributed by atoms with Gasteiger partial charge in [0, 0.05) is 28.2 Å². The molecule has 0 radical (unpaired) electrons. The van der Waals surface area contributed by atoms with E-state index in [9.17, 15) is 13.2 Å². The van der Waals surface area contributed by atoms with Crippen molar-refractivity contribution in [1.82, 2.24) is 10.3 Å². The maximum atomic E-state index is 12.6. The lowest BCUT2D eigenvalue weighted by atomic mass is 9.86. The maximum absolute atomic E-state index is 12.6. The van der Waals surface area contributed by atoms with Gasteiger partial charge in [-0.2, -0.15) is 0 Å². The number of aromatic nitrogens is 1. The Hall–Kier alpha value is -1.69. The fraction of sp³-hybridized carbons (Fsp3) is 0.474. The van der Waals surface area contributed by atoms with Gasteiger partial charge in [0.05, 0.1) is 28.8 Å². The molecule has 1 aliphatic carbocycles. The topological polar surface area (TPSA) is 118 Å². The van der Waals surface area contributed by atoms with Crippen molar-refractivity contribution < 1.29 is 23.1 Å². The molecule has 4 rings (SSSR count). The van der Waals surface area contributed by atoms with Gasteiger partial charge < -0.3 is 15.2 Å². The molecule has 0 atom stereocenters. The molecule has 162 valence electrons. The van der Waals surface area contributed by atoms with Crippen LogP contribution in [0.25, 0.3) is 10.4 Å². The summed E-state index contributed by atoms with van der Waals surface area (Å²) in [7, 11) is -3.52. The Bertz CT molecular complexity index is 1030. The Morgan fingerprint density at radius 2 is 1.97 bits per heavy atom. The van der Waals surface area contributed by atoms with Crippen LogP contribution in [0.3, 0.4) is 0 Å². The van der Waals surface area contributed by atoms with E-state index in [2.05, 4.69) is 31.0 Å². The van der Waals surface area contributed by atoms with Gasteiger partial charge in [-0.05, 0) is 37.8 Å². The number of sulfonamides is 1. The fourth-order valence-corrected chi connectivity index (χ4v) is 6.39. The summed E-state index contributed by atoms with van der Waals surface area (Å²) in [4.78, 5) is 16.3. The number of carbonyl (C=O) groups is 1. The number of anilines is 1. The molecule has 30 heavy (non-hydrogen) atoms. The largest absolute Gasteiger partial charge is 0.465 e. The zero-order chi connectivity index (χ0) is 21.3. The summed E-state index contributed by atoms with van der Waals surface area (Å²) in [5.74, 6) is 0.290. The van der Waals surface area contributed by atoms with E-state index < -0.39 is 21.4 Å². The molecule has 0 spiro atoms. The highest BCUT2D eigenvalue weighted by Crippen LogP contribution is 2.40. The summed E-state index contributed by atoms with van der Waals surface area (Å²) < 4.78 is 33.7. The molecule has 2 heterocycles. The molecule has 0 bridgehead atoms. The maximum Gasteiger partial charge on any atom is 0.404 e. The molecule has 1 saturated heterocycles. The Morgan fingerprint density at radius 1 is 1.23 bits per heavy atom. The molecule has 2 aliphatic rings. The molecule has 3 N–H and O–H groups in total. The first-order valence-corrected chi connectivity index (χ1v) is 12.8. The number of benzene rings is 1. The Kier molecular flexibility index (Phi) is 6.33. The molecule has 1 saturated carbocycles. The number of thiazole rings is 1. The highest BCUT2D eigenvalue weighted by atomic mass is 79.9. The van der Waals surface area contributed by atoms with E-state index in [1.807, 2.05) is 12.1 Å². The van der Waals surface area contributed by atoms with Crippen LogP contribution in [-0.4, -0.2) is 49.1 Å². The number of halogens is 1. The van der Waals surface area contributed by atoms with Crippen LogP contribution >= 0.6 is 27.3 Å². The number of rotatable bonds is 6. The molecule has 2 fully saturated rings. The van der Waals surface area contributed by atoms with Gasteiger partial charge in [-0.25, -0.2) is 18.2 Å². The smallest absolute Gasteiger partial charge is 0.404 e. The normalized spacial score (nSPS) is 22.3. The van der Waals surface area contributed by atoms with Crippen LogP contribution in [0.1, 0.15) is 36.6 Å². The summed E-state index contributed by atoms with van der Waals surface area (Å²) in [5, 5.41) is 11.9. The predicted octanol–water partition coefficient (Wildman–Crippen LogP) is 4.01. The van der Waals surface area contributed by atoms with E-state index in [0.717, 1.165) is 45.6 Å². The predicted molar refractivity (Wildman–Crippen MR) is 119 cm³/mol. The monoisotopic (exact) mass is 515 g/mol. The van der Waals surface area contributed by atoms with Crippen molar-refractivity contribution in [3.63, 3.8) is 0 Å². The molecular weight excluding hydrogens is 494 g/mol. The number of nitrogens with zero attached hydrogens (tertiary/aromatic N) is 1. The van der Waals surface area contributed by atoms with Crippen LogP contribution < -0.4 is 10.0 Å². The van der Waals surface area contributed by atoms with Crippen molar-refractivity contribution in [3.05, 3.63) is 33.9 Å². The molecule has 1 aromatic heterocycles. The van der Waals surface area contributed by atoms with Crippen LogP contribution in [0.2, 0.25) is 0 Å². The number of amides is 1. The SMILES string of the molecule is O=C(O)NC1CCC(c2ncc(-c3ccc(Br)cc3NS(=O)(=O)C3COC3)s2)CC1. The number of carboxylic acid groups (broad SMARTS) is 1. The van der Waals surface area contributed by atoms with Gasteiger partial charge in [-0.1, -0.05) is 22.0 Å². The first-order valence-electron chi connectivity index (χ1n) is 9.66. The second-order valence-corrected chi connectivity index (χ2v) is 11.5. The van der Waals surface area contributed by atoms with Gasteiger partial charge in [-0.3, -0.25) is 4.72 Å². The molecule has 0 unspecified atom stereocenters. The third kappa shape index (κ3) is 4.79. The molecule has 11 heteroatoms. The quantitative estimate of drug-likeness (QED) is 0.534. The first-order chi connectivity index (χ1) is 14.3. The average Bonchev–Trinajstić information content (AvgIpc) is 3.09.